The Balaban J connectivity index is -0.0000000450. The summed E-state index contributed by atoms with van der Waals surface area (Å²) in [6.45, 7) is 0. The molecular weight excluding hydrogens is 253 g/mol. The van der Waals surface area contributed by atoms with Gasteiger partial charge in [-0.15, -0.1) is 0 Å². The topological polar surface area (TPSA) is 99.7 Å². The van der Waals surface area contributed by atoms with Crippen molar-refractivity contribution < 1.29 is 40.9 Å². The number of carbonyl (C=O) groups is 1. The minimum Gasteiger partial charge on any atom is -0.652 e. The van der Waals surface area contributed by atoms with E-state index in [1.165, 1.54) is 0 Å². The zero-order valence-corrected chi connectivity index (χ0v) is 6.82. The van der Waals surface area contributed by atoms with Gasteiger partial charge >= 0.3 is 0 Å². The number of quaternary nitrogens is 1. The quantitative estimate of drug-likeness (QED) is 0.504. The van der Waals surface area contributed by atoms with Gasteiger partial charge in [0.1, 0.15) is 0 Å². The van der Waals surface area contributed by atoms with Crippen LogP contribution in [-0.4, -0.2) is 6.16 Å². The smallest absolute Gasteiger partial charge is 0 e. The van der Waals surface area contributed by atoms with Crippen LogP contribution in [0, 0.1) is 0 Å². The third kappa shape index (κ3) is 3930. The van der Waals surface area contributed by atoms with Crippen molar-refractivity contribution in [3.8, 4) is 0 Å². The van der Waals surface area contributed by atoms with Gasteiger partial charge in [0.25, 0.3) is 0 Å². The SMILES string of the molecule is O=C([O-])[O-].[Hf].[NH4+]. The summed E-state index contributed by atoms with van der Waals surface area (Å²) in [6, 6.07) is 0. The Bertz CT molecular complexity index is 33.8. The van der Waals surface area contributed by atoms with Crippen LogP contribution in [0.1, 0.15) is 0 Å². The summed E-state index contributed by atoms with van der Waals surface area (Å²) in [5.74, 6) is 0. The maximum absolute atomic E-state index is 8.33. The van der Waals surface area contributed by atoms with Gasteiger partial charge in [0.2, 0.25) is 0 Å². The molecule has 0 unspecified atom stereocenters. The minimum atomic E-state index is -2.33. The van der Waals surface area contributed by atoms with Crippen LogP contribution in [-0.2, 0) is 25.8 Å². The maximum atomic E-state index is 8.33. The molecule has 0 aliphatic carbocycles. The summed E-state index contributed by atoms with van der Waals surface area (Å²) in [6.07, 6.45) is -2.33. The van der Waals surface area contributed by atoms with E-state index in [4.69, 9.17) is 15.0 Å². The first kappa shape index (κ1) is 16.5. The molecule has 0 rings (SSSR count). The number of carboxylic acid groups (broad SMARTS) is 2. The number of hydrogen-bond acceptors (Lipinski definition) is 3. The van der Waals surface area contributed by atoms with E-state index < -0.39 is 6.16 Å². The maximum Gasteiger partial charge on any atom is 0 e. The van der Waals surface area contributed by atoms with Gasteiger partial charge in [-0.2, -0.15) is 0 Å². The predicted molar refractivity (Wildman–Crippen MR) is 11.4 cm³/mol. The standard InChI is InChI=1S/CH2O3.Hf.H3N/c2-1(3)4;;/h(H2,2,3,4);;1H3/p-1. The van der Waals surface area contributed by atoms with Crippen LogP contribution < -0.4 is 16.4 Å². The first-order valence-electron chi connectivity index (χ1n) is 0.612. The predicted octanol–water partition coefficient (Wildman–Crippen LogP) is -2.07. The largest absolute Gasteiger partial charge is 0.652 e. The van der Waals surface area contributed by atoms with Gasteiger partial charge in [-0.05, 0) is 6.16 Å². The van der Waals surface area contributed by atoms with Gasteiger partial charge in [-0.25, -0.2) is 0 Å². The molecule has 0 aromatic rings. The van der Waals surface area contributed by atoms with Crippen molar-refractivity contribution in [1.82, 2.24) is 6.15 Å². The second-order valence-corrected chi connectivity index (χ2v) is 0.250. The summed E-state index contributed by atoms with van der Waals surface area (Å²) in [5, 5.41) is 16.7. The number of carbonyl (C=O) groups excluding carboxylic acids is 1. The van der Waals surface area contributed by atoms with E-state index in [0.29, 0.717) is 0 Å². The summed E-state index contributed by atoms with van der Waals surface area (Å²) < 4.78 is 0. The first-order valence-corrected chi connectivity index (χ1v) is 0.612. The van der Waals surface area contributed by atoms with Crippen LogP contribution in [0.25, 0.3) is 0 Å². The van der Waals surface area contributed by atoms with Crippen molar-refractivity contribution in [2.45, 2.75) is 0 Å². The van der Waals surface area contributed by atoms with Gasteiger partial charge in [0.15, 0.2) is 0 Å². The molecular formula is CH4HfNO3-. The molecule has 0 aliphatic heterocycles. The van der Waals surface area contributed by atoms with Crippen LogP contribution in [0.5, 0.6) is 0 Å². The molecule has 0 saturated carbocycles. The molecule has 0 aliphatic rings. The molecule has 0 amide bonds. The third-order valence-corrected chi connectivity index (χ3v) is 0. The average molecular weight is 257 g/mol. The fraction of sp³-hybridized carbons (Fsp3) is 0. The second-order valence-electron chi connectivity index (χ2n) is 0.250. The number of hydrogen-bond donors (Lipinski definition) is 1. The molecule has 36 valence electrons. The summed E-state index contributed by atoms with van der Waals surface area (Å²) in [4.78, 5) is 8.33. The molecule has 0 atom stereocenters. The molecule has 0 bridgehead atoms. The molecule has 0 saturated heterocycles. The van der Waals surface area contributed by atoms with E-state index in [2.05, 4.69) is 0 Å². The average Bonchev–Trinajstić information content (AvgIpc) is 0.811. The summed E-state index contributed by atoms with van der Waals surface area (Å²) >= 11 is 0. The number of rotatable bonds is 0. The third-order valence-electron chi connectivity index (χ3n) is 0. The van der Waals surface area contributed by atoms with E-state index in [9.17, 15) is 0 Å². The van der Waals surface area contributed by atoms with Crippen molar-refractivity contribution in [2.24, 2.45) is 0 Å². The molecule has 4 nitrogen and oxygen atoms in total. The molecule has 5 heteroatoms. The molecule has 0 radical (unpaired) electrons. The Morgan fingerprint density at radius 2 is 1.33 bits per heavy atom. The fourth-order valence-corrected chi connectivity index (χ4v) is 0. The zero-order valence-electron chi connectivity index (χ0n) is 3.22. The molecule has 0 aromatic carbocycles. The summed E-state index contributed by atoms with van der Waals surface area (Å²) in [7, 11) is 0. The Labute approximate surface area is 53.5 Å². The van der Waals surface area contributed by atoms with E-state index >= 15 is 0 Å². The normalized spacial score (nSPS) is 4.00. The molecule has 4 N–H and O–H groups in total. The van der Waals surface area contributed by atoms with Gasteiger partial charge in [-0.3, -0.25) is 0 Å². The van der Waals surface area contributed by atoms with E-state index in [1.807, 2.05) is 0 Å². The van der Waals surface area contributed by atoms with Crippen LogP contribution in [0.15, 0.2) is 0 Å². The Hall–Kier alpha value is 0.100. The van der Waals surface area contributed by atoms with Crippen LogP contribution >= 0.6 is 0 Å². The molecule has 0 heterocycles. The van der Waals surface area contributed by atoms with Crippen molar-refractivity contribution in [1.29, 1.82) is 0 Å². The van der Waals surface area contributed by atoms with Gasteiger partial charge in [-0.1, -0.05) is 0 Å². The fourth-order valence-electron chi connectivity index (χ4n) is 0. The second kappa shape index (κ2) is 8.92. The molecule has 0 spiro atoms. The van der Waals surface area contributed by atoms with Crippen molar-refractivity contribution >= 4 is 6.16 Å². The molecule has 6 heavy (non-hydrogen) atoms. The van der Waals surface area contributed by atoms with Crippen molar-refractivity contribution in [3.05, 3.63) is 0 Å². The Morgan fingerprint density at radius 1 is 1.33 bits per heavy atom. The van der Waals surface area contributed by atoms with Gasteiger partial charge in [0.05, 0.1) is 0 Å². The van der Waals surface area contributed by atoms with E-state index in [1.54, 1.807) is 0 Å². The van der Waals surface area contributed by atoms with Gasteiger partial charge in [0, 0.05) is 25.8 Å². The van der Waals surface area contributed by atoms with E-state index in [0.717, 1.165) is 0 Å². The monoisotopic (exact) mass is 258 g/mol. The zero-order chi connectivity index (χ0) is 3.58. The van der Waals surface area contributed by atoms with Gasteiger partial charge < -0.3 is 21.2 Å². The molecule has 0 fully saturated rings. The van der Waals surface area contributed by atoms with E-state index in [-0.39, 0.29) is 32.0 Å². The minimum absolute atomic E-state index is 0. The molecule has 0 aromatic heterocycles. The van der Waals surface area contributed by atoms with Crippen LogP contribution in [0.4, 0.5) is 4.79 Å². The van der Waals surface area contributed by atoms with Crippen LogP contribution in [0.2, 0.25) is 0 Å². The summed E-state index contributed by atoms with van der Waals surface area (Å²) in [5.41, 5.74) is 0. The van der Waals surface area contributed by atoms with Crippen molar-refractivity contribution in [2.75, 3.05) is 0 Å². The first-order chi connectivity index (χ1) is 1.73. The Kier molecular flexibility index (Phi) is 24.5. The Morgan fingerprint density at radius 3 is 1.33 bits per heavy atom. The van der Waals surface area contributed by atoms with Crippen LogP contribution in [0.3, 0.4) is 0 Å². The van der Waals surface area contributed by atoms with Crippen molar-refractivity contribution in [3.63, 3.8) is 0 Å².